The molecule has 0 spiro atoms. The minimum Gasteiger partial charge on any atom is -0.469 e. The van der Waals surface area contributed by atoms with Gasteiger partial charge in [-0.15, -0.1) is 0 Å². The Balaban J connectivity index is 2.36. The molecule has 1 aliphatic carbocycles. The maximum absolute atomic E-state index is 11.8. The standard InChI is InChI=1S/C15H16Cl2O2/c1-15(2)12(13(15)14(18)19-3)10(8-16)9-6-4-5-7-11(9)17/h4-8,12-13H,1-3H3. The van der Waals surface area contributed by atoms with Crippen LogP contribution in [0.1, 0.15) is 19.4 Å². The maximum Gasteiger partial charge on any atom is 0.309 e. The van der Waals surface area contributed by atoms with E-state index >= 15 is 0 Å². The van der Waals surface area contributed by atoms with E-state index < -0.39 is 0 Å². The molecule has 0 aliphatic heterocycles. The second kappa shape index (κ2) is 5.18. The Kier molecular flexibility index (Phi) is 3.93. The molecule has 1 fully saturated rings. The predicted molar refractivity (Wildman–Crippen MR) is 78.1 cm³/mol. The normalized spacial score (nSPS) is 25.0. The number of carbonyl (C=O) groups excluding carboxylic acids is 1. The summed E-state index contributed by atoms with van der Waals surface area (Å²) in [7, 11) is 1.41. The van der Waals surface area contributed by atoms with Gasteiger partial charge in [-0.2, -0.15) is 0 Å². The third-order valence-corrected chi connectivity index (χ3v) is 4.48. The fourth-order valence-electron chi connectivity index (χ4n) is 2.77. The molecule has 0 bridgehead atoms. The van der Waals surface area contributed by atoms with E-state index in [0.717, 1.165) is 11.1 Å². The second-order valence-electron chi connectivity index (χ2n) is 5.34. The van der Waals surface area contributed by atoms with Crippen molar-refractivity contribution >= 4 is 34.7 Å². The summed E-state index contributed by atoms with van der Waals surface area (Å²) in [5.41, 5.74) is 3.14. The molecule has 0 saturated heterocycles. The average molecular weight is 299 g/mol. The first-order valence-electron chi connectivity index (χ1n) is 6.08. The van der Waals surface area contributed by atoms with Gasteiger partial charge in [-0.3, -0.25) is 4.79 Å². The van der Waals surface area contributed by atoms with Gasteiger partial charge in [-0.05, 0) is 22.6 Å². The lowest BCUT2D eigenvalue weighted by atomic mass is 9.98. The van der Waals surface area contributed by atoms with Crippen LogP contribution >= 0.6 is 23.2 Å². The van der Waals surface area contributed by atoms with Crippen LogP contribution in [0.3, 0.4) is 0 Å². The van der Waals surface area contributed by atoms with Crippen molar-refractivity contribution in [3.8, 4) is 0 Å². The van der Waals surface area contributed by atoms with Gasteiger partial charge in [-0.1, -0.05) is 55.2 Å². The lowest BCUT2D eigenvalue weighted by Crippen LogP contribution is -2.07. The van der Waals surface area contributed by atoms with E-state index in [-0.39, 0.29) is 23.2 Å². The lowest BCUT2D eigenvalue weighted by Gasteiger charge is -2.09. The van der Waals surface area contributed by atoms with Crippen molar-refractivity contribution < 1.29 is 9.53 Å². The Morgan fingerprint density at radius 1 is 1.32 bits per heavy atom. The third-order valence-electron chi connectivity index (χ3n) is 3.92. The Labute approximate surface area is 123 Å². The van der Waals surface area contributed by atoms with Crippen LogP contribution in [-0.2, 0) is 9.53 Å². The summed E-state index contributed by atoms with van der Waals surface area (Å²) < 4.78 is 4.86. The molecule has 1 aromatic carbocycles. The molecule has 0 N–H and O–H groups in total. The molecule has 0 heterocycles. The molecule has 2 unspecified atom stereocenters. The molecule has 19 heavy (non-hydrogen) atoms. The van der Waals surface area contributed by atoms with E-state index in [4.69, 9.17) is 27.9 Å². The zero-order chi connectivity index (χ0) is 14.2. The van der Waals surface area contributed by atoms with Crippen molar-refractivity contribution in [2.24, 2.45) is 17.3 Å². The van der Waals surface area contributed by atoms with Gasteiger partial charge in [0.25, 0.3) is 0 Å². The van der Waals surface area contributed by atoms with Gasteiger partial charge in [-0.25, -0.2) is 0 Å². The number of allylic oxidation sites excluding steroid dienone is 1. The highest BCUT2D eigenvalue weighted by Crippen LogP contribution is 2.64. The number of carbonyl (C=O) groups is 1. The first-order chi connectivity index (χ1) is 8.95. The van der Waals surface area contributed by atoms with Crippen LogP contribution in [0.15, 0.2) is 29.8 Å². The number of rotatable bonds is 3. The van der Waals surface area contributed by atoms with Gasteiger partial charge in [0.1, 0.15) is 0 Å². The summed E-state index contributed by atoms with van der Waals surface area (Å²) in [5.74, 6) is -0.325. The fourth-order valence-corrected chi connectivity index (χ4v) is 3.27. The van der Waals surface area contributed by atoms with E-state index in [0.29, 0.717) is 5.02 Å². The summed E-state index contributed by atoms with van der Waals surface area (Å²) in [6.45, 7) is 4.08. The molecule has 4 heteroatoms. The summed E-state index contributed by atoms with van der Waals surface area (Å²) in [6, 6.07) is 7.51. The summed E-state index contributed by atoms with van der Waals surface area (Å²) in [6.07, 6.45) is 0. The fraction of sp³-hybridized carbons (Fsp3) is 0.400. The van der Waals surface area contributed by atoms with Gasteiger partial charge in [0, 0.05) is 16.5 Å². The Hall–Kier alpha value is -0.990. The molecule has 1 saturated carbocycles. The molecule has 1 aliphatic rings. The van der Waals surface area contributed by atoms with Crippen LogP contribution < -0.4 is 0 Å². The molecule has 2 atom stereocenters. The van der Waals surface area contributed by atoms with Crippen LogP contribution in [-0.4, -0.2) is 13.1 Å². The lowest BCUT2D eigenvalue weighted by molar-refractivity contribution is -0.143. The van der Waals surface area contributed by atoms with Crippen molar-refractivity contribution in [3.63, 3.8) is 0 Å². The van der Waals surface area contributed by atoms with E-state index in [1.165, 1.54) is 12.6 Å². The molecular weight excluding hydrogens is 283 g/mol. The zero-order valence-electron chi connectivity index (χ0n) is 11.1. The van der Waals surface area contributed by atoms with Crippen molar-refractivity contribution in [1.29, 1.82) is 0 Å². The Morgan fingerprint density at radius 3 is 2.47 bits per heavy atom. The number of halogens is 2. The molecule has 2 nitrogen and oxygen atoms in total. The van der Waals surface area contributed by atoms with E-state index in [1.54, 1.807) is 0 Å². The molecule has 1 aromatic rings. The first-order valence-corrected chi connectivity index (χ1v) is 6.89. The van der Waals surface area contributed by atoms with Crippen LogP contribution in [0, 0.1) is 17.3 Å². The van der Waals surface area contributed by atoms with Crippen molar-refractivity contribution in [1.82, 2.24) is 0 Å². The SMILES string of the molecule is COC(=O)C1C(C(=CCl)c2ccccc2Cl)C1(C)C. The van der Waals surface area contributed by atoms with E-state index in [1.807, 2.05) is 38.1 Å². The smallest absolute Gasteiger partial charge is 0.309 e. The van der Waals surface area contributed by atoms with Gasteiger partial charge < -0.3 is 4.74 Å². The van der Waals surface area contributed by atoms with Gasteiger partial charge >= 0.3 is 5.97 Å². The number of methoxy groups -OCH3 is 1. The quantitative estimate of drug-likeness (QED) is 0.775. The monoisotopic (exact) mass is 298 g/mol. The van der Waals surface area contributed by atoms with Gasteiger partial charge in [0.15, 0.2) is 0 Å². The van der Waals surface area contributed by atoms with Crippen LogP contribution in [0.4, 0.5) is 0 Å². The number of hydrogen-bond donors (Lipinski definition) is 0. The highest BCUT2D eigenvalue weighted by molar-refractivity contribution is 6.33. The van der Waals surface area contributed by atoms with E-state index in [9.17, 15) is 4.79 Å². The number of ether oxygens (including phenoxy) is 1. The predicted octanol–water partition coefficient (Wildman–Crippen LogP) is 4.36. The molecular formula is C15H16Cl2O2. The highest BCUT2D eigenvalue weighted by atomic mass is 35.5. The van der Waals surface area contributed by atoms with Crippen LogP contribution in [0.25, 0.3) is 5.57 Å². The summed E-state index contributed by atoms with van der Waals surface area (Å²) in [5, 5.41) is 0.640. The second-order valence-corrected chi connectivity index (χ2v) is 5.97. The van der Waals surface area contributed by atoms with E-state index in [2.05, 4.69) is 0 Å². The molecule has 0 amide bonds. The highest BCUT2D eigenvalue weighted by Gasteiger charge is 2.64. The van der Waals surface area contributed by atoms with Crippen molar-refractivity contribution in [2.75, 3.05) is 7.11 Å². The number of hydrogen-bond acceptors (Lipinski definition) is 2. The maximum atomic E-state index is 11.8. The molecule has 102 valence electrons. The molecule has 0 aromatic heterocycles. The Bertz CT molecular complexity index is 535. The number of benzene rings is 1. The van der Waals surface area contributed by atoms with Crippen LogP contribution in [0.5, 0.6) is 0 Å². The largest absolute Gasteiger partial charge is 0.469 e. The number of esters is 1. The molecule has 2 rings (SSSR count). The van der Waals surface area contributed by atoms with Crippen LogP contribution in [0.2, 0.25) is 5.02 Å². The Morgan fingerprint density at radius 2 is 1.95 bits per heavy atom. The summed E-state index contributed by atoms with van der Waals surface area (Å²) in [4.78, 5) is 11.8. The zero-order valence-corrected chi connectivity index (χ0v) is 12.6. The minimum absolute atomic E-state index is 0.0392. The topological polar surface area (TPSA) is 26.3 Å². The average Bonchev–Trinajstić information content (AvgIpc) is 2.94. The van der Waals surface area contributed by atoms with Gasteiger partial charge in [0.2, 0.25) is 0 Å². The minimum atomic E-state index is -0.196. The van der Waals surface area contributed by atoms with Crippen molar-refractivity contribution in [2.45, 2.75) is 13.8 Å². The first kappa shape index (κ1) is 14.4. The summed E-state index contributed by atoms with van der Waals surface area (Å²) >= 11 is 12.2. The van der Waals surface area contributed by atoms with Gasteiger partial charge in [0.05, 0.1) is 13.0 Å². The molecule has 0 radical (unpaired) electrons. The third kappa shape index (κ3) is 2.39. The van der Waals surface area contributed by atoms with Crippen molar-refractivity contribution in [3.05, 3.63) is 40.4 Å².